The van der Waals surface area contributed by atoms with E-state index in [0.717, 1.165) is 19.5 Å². The number of hydrogen-bond acceptors (Lipinski definition) is 3. The first kappa shape index (κ1) is 14.3. The highest BCUT2D eigenvalue weighted by molar-refractivity contribution is 5.68. The second-order valence-corrected chi connectivity index (χ2v) is 6.15. The number of alkyl carbamates (subject to hydrolysis) is 1. The Labute approximate surface area is 104 Å². The van der Waals surface area contributed by atoms with Gasteiger partial charge in [0.05, 0.1) is 0 Å². The van der Waals surface area contributed by atoms with E-state index in [9.17, 15) is 4.79 Å². The average molecular weight is 242 g/mol. The van der Waals surface area contributed by atoms with Crippen LogP contribution in [0.4, 0.5) is 4.79 Å². The summed E-state index contributed by atoms with van der Waals surface area (Å²) in [4.78, 5) is 11.7. The van der Waals surface area contributed by atoms with Gasteiger partial charge < -0.3 is 15.4 Å². The summed E-state index contributed by atoms with van der Waals surface area (Å²) < 4.78 is 5.30. The first-order valence-corrected chi connectivity index (χ1v) is 6.50. The third-order valence-electron chi connectivity index (χ3n) is 3.09. The molecule has 2 atom stereocenters. The summed E-state index contributed by atoms with van der Waals surface area (Å²) in [5.41, 5.74) is -0.426. The maximum absolute atomic E-state index is 11.7. The summed E-state index contributed by atoms with van der Waals surface area (Å²) >= 11 is 0. The number of rotatable bonds is 2. The predicted octanol–water partition coefficient (Wildman–Crippen LogP) is 2.15. The van der Waals surface area contributed by atoms with Crippen molar-refractivity contribution >= 4 is 6.09 Å². The van der Waals surface area contributed by atoms with Gasteiger partial charge in [-0.2, -0.15) is 0 Å². The van der Waals surface area contributed by atoms with E-state index in [0.29, 0.717) is 11.8 Å². The van der Waals surface area contributed by atoms with E-state index >= 15 is 0 Å². The van der Waals surface area contributed by atoms with Crippen molar-refractivity contribution in [3.8, 4) is 0 Å². The molecule has 0 radical (unpaired) electrons. The van der Waals surface area contributed by atoms with Crippen molar-refractivity contribution in [1.82, 2.24) is 10.6 Å². The van der Waals surface area contributed by atoms with Crippen molar-refractivity contribution in [2.24, 2.45) is 11.8 Å². The molecule has 0 aromatic rings. The van der Waals surface area contributed by atoms with Gasteiger partial charge in [-0.25, -0.2) is 4.79 Å². The minimum absolute atomic E-state index is 0.228. The maximum atomic E-state index is 11.7. The lowest BCUT2D eigenvalue weighted by molar-refractivity contribution is 0.0461. The molecule has 0 spiro atoms. The zero-order valence-corrected chi connectivity index (χ0v) is 11.7. The minimum atomic E-state index is -0.426. The second kappa shape index (κ2) is 5.71. The first-order valence-electron chi connectivity index (χ1n) is 6.50. The molecule has 17 heavy (non-hydrogen) atoms. The van der Waals surface area contributed by atoms with Crippen LogP contribution in [-0.4, -0.2) is 30.8 Å². The largest absolute Gasteiger partial charge is 0.444 e. The van der Waals surface area contributed by atoms with Gasteiger partial charge in [0.2, 0.25) is 0 Å². The Balaban J connectivity index is 2.50. The average Bonchev–Trinajstić information content (AvgIpc) is 2.14. The Morgan fingerprint density at radius 2 is 2.06 bits per heavy atom. The molecular weight excluding hydrogens is 216 g/mol. The van der Waals surface area contributed by atoms with Gasteiger partial charge in [0.15, 0.2) is 0 Å². The van der Waals surface area contributed by atoms with Crippen molar-refractivity contribution in [1.29, 1.82) is 0 Å². The topological polar surface area (TPSA) is 50.4 Å². The van der Waals surface area contributed by atoms with Gasteiger partial charge in [0.25, 0.3) is 0 Å². The van der Waals surface area contributed by atoms with E-state index in [1.165, 1.54) is 0 Å². The number of nitrogens with one attached hydrogen (secondary N) is 2. The quantitative estimate of drug-likeness (QED) is 0.780. The number of hydrogen-bond donors (Lipinski definition) is 2. The van der Waals surface area contributed by atoms with E-state index in [4.69, 9.17) is 4.74 Å². The highest BCUT2D eigenvalue weighted by atomic mass is 16.6. The van der Waals surface area contributed by atoms with Gasteiger partial charge >= 0.3 is 6.09 Å². The predicted molar refractivity (Wildman–Crippen MR) is 69.0 cm³/mol. The van der Waals surface area contributed by atoms with E-state index in [1.54, 1.807) is 0 Å². The Morgan fingerprint density at radius 3 is 2.59 bits per heavy atom. The van der Waals surface area contributed by atoms with Gasteiger partial charge in [-0.3, -0.25) is 0 Å². The first-order chi connectivity index (χ1) is 7.79. The number of amides is 1. The third kappa shape index (κ3) is 4.94. The maximum Gasteiger partial charge on any atom is 0.407 e. The van der Waals surface area contributed by atoms with Crippen molar-refractivity contribution in [2.45, 2.75) is 52.7 Å². The van der Waals surface area contributed by atoms with E-state index < -0.39 is 5.60 Å². The molecule has 0 aromatic carbocycles. The molecule has 4 heteroatoms. The van der Waals surface area contributed by atoms with Crippen molar-refractivity contribution in [2.75, 3.05) is 13.1 Å². The van der Waals surface area contributed by atoms with Gasteiger partial charge in [-0.05, 0) is 45.6 Å². The van der Waals surface area contributed by atoms with Crippen LogP contribution in [0, 0.1) is 11.8 Å². The molecule has 2 N–H and O–H groups in total. The zero-order chi connectivity index (χ0) is 13.1. The minimum Gasteiger partial charge on any atom is -0.444 e. The zero-order valence-electron chi connectivity index (χ0n) is 11.7. The summed E-state index contributed by atoms with van der Waals surface area (Å²) in [6.45, 7) is 12.0. The van der Waals surface area contributed by atoms with Crippen LogP contribution in [0.2, 0.25) is 0 Å². The molecule has 100 valence electrons. The molecule has 0 aliphatic carbocycles. The van der Waals surface area contributed by atoms with Crippen LogP contribution in [0.3, 0.4) is 0 Å². The number of carbonyl (C=O) groups is 1. The standard InChI is InChI=1S/C13H26N2O2/c1-9(2)10-8-14-7-6-11(10)15-12(16)17-13(3,4)5/h9-11,14H,6-8H2,1-5H3,(H,15,16). The van der Waals surface area contributed by atoms with E-state index in [-0.39, 0.29) is 12.1 Å². The molecule has 0 aromatic heterocycles. The molecule has 1 saturated heterocycles. The van der Waals surface area contributed by atoms with Gasteiger partial charge in [0.1, 0.15) is 5.60 Å². The molecule has 1 aliphatic rings. The fourth-order valence-corrected chi connectivity index (χ4v) is 2.22. The third-order valence-corrected chi connectivity index (χ3v) is 3.09. The lowest BCUT2D eigenvalue weighted by Crippen LogP contribution is -2.52. The molecule has 2 unspecified atom stereocenters. The second-order valence-electron chi connectivity index (χ2n) is 6.15. The Bertz CT molecular complexity index is 259. The fourth-order valence-electron chi connectivity index (χ4n) is 2.22. The summed E-state index contributed by atoms with van der Waals surface area (Å²) in [7, 11) is 0. The van der Waals surface area contributed by atoms with Crippen molar-refractivity contribution in [3.63, 3.8) is 0 Å². The van der Waals surface area contributed by atoms with Crippen LogP contribution in [0.1, 0.15) is 41.0 Å². The fraction of sp³-hybridized carbons (Fsp3) is 0.923. The van der Waals surface area contributed by atoms with Crippen molar-refractivity contribution in [3.05, 3.63) is 0 Å². The molecule has 0 bridgehead atoms. The molecular formula is C13H26N2O2. The molecule has 1 fully saturated rings. The van der Waals surface area contributed by atoms with Crippen LogP contribution in [0.5, 0.6) is 0 Å². The van der Waals surface area contributed by atoms with Crippen molar-refractivity contribution < 1.29 is 9.53 Å². The molecule has 1 aliphatic heterocycles. The highest BCUT2D eigenvalue weighted by Gasteiger charge is 2.29. The number of ether oxygens (including phenoxy) is 1. The molecule has 1 heterocycles. The SMILES string of the molecule is CC(C)C1CNCCC1NC(=O)OC(C)(C)C. The highest BCUT2D eigenvalue weighted by Crippen LogP contribution is 2.20. The van der Waals surface area contributed by atoms with Crippen LogP contribution < -0.4 is 10.6 Å². The summed E-state index contributed by atoms with van der Waals surface area (Å²) in [5.74, 6) is 1.04. The number of piperidine rings is 1. The van der Waals surface area contributed by atoms with Crippen LogP contribution in [0.25, 0.3) is 0 Å². The van der Waals surface area contributed by atoms with Crippen LogP contribution in [-0.2, 0) is 4.74 Å². The number of carbonyl (C=O) groups excluding carboxylic acids is 1. The lowest BCUT2D eigenvalue weighted by Gasteiger charge is -2.35. The summed E-state index contributed by atoms with van der Waals surface area (Å²) in [5, 5.41) is 6.38. The Hall–Kier alpha value is -0.770. The summed E-state index contributed by atoms with van der Waals surface area (Å²) in [6.07, 6.45) is 0.678. The van der Waals surface area contributed by atoms with Crippen LogP contribution >= 0.6 is 0 Å². The Kier molecular flexibility index (Phi) is 4.80. The molecule has 4 nitrogen and oxygen atoms in total. The van der Waals surface area contributed by atoms with Gasteiger partial charge in [0, 0.05) is 12.6 Å². The molecule has 1 amide bonds. The smallest absolute Gasteiger partial charge is 0.407 e. The lowest BCUT2D eigenvalue weighted by atomic mass is 9.84. The van der Waals surface area contributed by atoms with Crippen LogP contribution in [0.15, 0.2) is 0 Å². The van der Waals surface area contributed by atoms with Gasteiger partial charge in [-0.15, -0.1) is 0 Å². The Morgan fingerprint density at radius 1 is 1.41 bits per heavy atom. The molecule has 0 saturated carbocycles. The van der Waals surface area contributed by atoms with E-state index in [1.807, 2.05) is 20.8 Å². The summed E-state index contributed by atoms with van der Waals surface area (Å²) in [6, 6.07) is 0.228. The van der Waals surface area contributed by atoms with Gasteiger partial charge in [-0.1, -0.05) is 13.8 Å². The normalized spacial score (nSPS) is 25.8. The van der Waals surface area contributed by atoms with E-state index in [2.05, 4.69) is 24.5 Å². The monoisotopic (exact) mass is 242 g/mol. The molecule has 1 rings (SSSR count).